The standard InChI is InChI=1S/C14H12F3N3O/c15-9-5-11(17)10(16)3-8(9)4-14(21)20-2-1-12-13(6-20)19-7-18-12/h3,5,7H,1-2,4,6H2,(H,18,19). The number of rotatable bonds is 2. The number of nitrogens with one attached hydrogen (secondary N) is 1. The average molecular weight is 295 g/mol. The molecule has 1 N–H and O–H groups in total. The van der Waals surface area contributed by atoms with Crippen LogP contribution in [0.4, 0.5) is 13.2 Å². The summed E-state index contributed by atoms with van der Waals surface area (Å²) in [5, 5.41) is 0. The summed E-state index contributed by atoms with van der Waals surface area (Å²) in [6, 6.07) is 1.19. The van der Waals surface area contributed by atoms with Gasteiger partial charge in [0.1, 0.15) is 5.82 Å². The fourth-order valence-corrected chi connectivity index (χ4v) is 2.40. The van der Waals surface area contributed by atoms with Gasteiger partial charge in [-0.15, -0.1) is 0 Å². The fraction of sp³-hybridized carbons (Fsp3) is 0.286. The maximum absolute atomic E-state index is 13.6. The summed E-state index contributed by atoms with van der Waals surface area (Å²) in [4.78, 5) is 20.8. The second-order valence-electron chi connectivity index (χ2n) is 4.93. The molecule has 1 aromatic heterocycles. The first-order valence-electron chi connectivity index (χ1n) is 6.47. The van der Waals surface area contributed by atoms with Gasteiger partial charge in [-0.25, -0.2) is 18.2 Å². The SMILES string of the molecule is O=C(Cc1cc(F)c(F)cc1F)N1CCc2nc[nH]c2C1. The molecule has 0 spiro atoms. The van der Waals surface area contributed by atoms with Crippen LogP contribution in [0.15, 0.2) is 18.5 Å². The number of fused-ring (bicyclic) bond motifs is 1. The molecule has 0 saturated heterocycles. The van der Waals surface area contributed by atoms with Crippen LogP contribution in [0.3, 0.4) is 0 Å². The van der Waals surface area contributed by atoms with E-state index in [0.717, 1.165) is 17.5 Å². The molecule has 2 heterocycles. The molecule has 2 aromatic rings. The second kappa shape index (κ2) is 5.23. The zero-order valence-electron chi connectivity index (χ0n) is 11.0. The number of hydrogen-bond acceptors (Lipinski definition) is 2. The van der Waals surface area contributed by atoms with E-state index in [0.29, 0.717) is 25.6 Å². The Kier molecular flexibility index (Phi) is 3.40. The summed E-state index contributed by atoms with van der Waals surface area (Å²) >= 11 is 0. The van der Waals surface area contributed by atoms with Gasteiger partial charge in [-0.2, -0.15) is 0 Å². The lowest BCUT2D eigenvalue weighted by molar-refractivity contribution is -0.131. The van der Waals surface area contributed by atoms with Crippen LogP contribution in [-0.2, 0) is 24.2 Å². The van der Waals surface area contributed by atoms with Gasteiger partial charge < -0.3 is 9.88 Å². The van der Waals surface area contributed by atoms with Crippen LogP contribution in [0.2, 0.25) is 0 Å². The third-order valence-corrected chi connectivity index (χ3v) is 3.56. The van der Waals surface area contributed by atoms with Gasteiger partial charge in [0.25, 0.3) is 0 Å². The smallest absolute Gasteiger partial charge is 0.227 e. The summed E-state index contributed by atoms with van der Waals surface area (Å²) in [5.74, 6) is -3.67. The number of imidazole rings is 1. The Bertz CT molecular complexity index is 699. The fourth-order valence-electron chi connectivity index (χ4n) is 2.40. The molecular weight excluding hydrogens is 283 g/mol. The highest BCUT2D eigenvalue weighted by atomic mass is 19.2. The minimum atomic E-state index is -1.26. The highest BCUT2D eigenvalue weighted by Crippen LogP contribution is 2.18. The summed E-state index contributed by atoms with van der Waals surface area (Å²) in [6.45, 7) is 0.835. The van der Waals surface area contributed by atoms with Gasteiger partial charge in [-0.05, 0) is 6.07 Å². The van der Waals surface area contributed by atoms with Crippen LogP contribution in [0.25, 0.3) is 0 Å². The highest BCUT2D eigenvalue weighted by Gasteiger charge is 2.23. The van der Waals surface area contributed by atoms with Gasteiger partial charge >= 0.3 is 0 Å². The van der Waals surface area contributed by atoms with Crippen molar-refractivity contribution in [3.8, 4) is 0 Å². The van der Waals surface area contributed by atoms with Crippen LogP contribution in [-0.4, -0.2) is 27.3 Å². The number of amides is 1. The number of carbonyl (C=O) groups is 1. The third kappa shape index (κ3) is 2.63. The average Bonchev–Trinajstić information content (AvgIpc) is 2.92. The first kappa shape index (κ1) is 13.7. The van der Waals surface area contributed by atoms with Crippen molar-refractivity contribution in [2.24, 2.45) is 0 Å². The van der Waals surface area contributed by atoms with Crippen molar-refractivity contribution in [3.63, 3.8) is 0 Å². The summed E-state index contributed by atoms with van der Waals surface area (Å²) in [5.41, 5.74) is 1.62. The lowest BCUT2D eigenvalue weighted by Gasteiger charge is -2.26. The van der Waals surface area contributed by atoms with Crippen molar-refractivity contribution in [1.29, 1.82) is 0 Å². The van der Waals surface area contributed by atoms with Crippen LogP contribution in [0.5, 0.6) is 0 Å². The van der Waals surface area contributed by atoms with Crippen molar-refractivity contribution < 1.29 is 18.0 Å². The van der Waals surface area contributed by atoms with E-state index >= 15 is 0 Å². The van der Waals surface area contributed by atoms with E-state index in [1.807, 2.05) is 0 Å². The van der Waals surface area contributed by atoms with Crippen molar-refractivity contribution in [1.82, 2.24) is 14.9 Å². The number of benzene rings is 1. The Morgan fingerprint density at radius 3 is 2.81 bits per heavy atom. The second-order valence-corrected chi connectivity index (χ2v) is 4.93. The van der Waals surface area contributed by atoms with E-state index in [1.165, 1.54) is 0 Å². The van der Waals surface area contributed by atoms with Gasteiger partial charge in [-0.3, -0.25) is 4.79 Å². The molecule has 1 aromatic carbocycles. The predicted octanol–water partition coefficient (Wildman–Crippen LogP) is 1.95. The number of nitrogens with zero attached hydrogens (tertiary/aromatic N) is 2. The van der Waals surface area contributed by atoms with E-state index in [4.69, 9.17) is 0 Å². The van der Waals surface area contributed by atoms with Crippen molar-refractivity contribution in [2.45, 2.75) is 19.4 Å². The lowest BCUT2D eigenvalue weighted by atomic mass is 10.1. The van der Waals surface area contributed by atoms with E-state index in [9.17, 15) is 18.0 Å². The number of hydrogen-bond donors (Lipinski definition) is 1. The molecule has 0 aliphatic carbocycles. The van der Waals surface area contributed by atoms with Crippen LogP contribution in [0.1, 0.15) is 17.0 Å². The molecule has 1 aliphatic heterocycles. The molecule has 110 valence electrons. The molecule has 0 radical (unpaired) electrons. The number of halogens is 3. The molecule has 4 nitrogen and oxygen atoms in total. The maximum atomic E-state index is 13.6. The Morgan fingerprint density at radius 2 is 2.00 bits per heavy atom. The van der Waals surface area contributed by atoms with Crippen molar-refractivity contribution in [2.75, 3.05) is 6.54 Å². The van der Waals surface area contributed by atoms with Crippen molar-refractivity contribution >= 4 is 5.91 Å². The predicted molar refractivity (Wildman–Crippen MR) is 67.7 cm³/mol. The van der Waals surface area contributed by atoms with Gasteiger partial charge in [0.15, 0.2) is 11.6 Å². The molecule has 0 fully saturated rings. The molecular formula is C14H12F3N3O. The van der Waals surface area contributed by atoms with Gasteiger partial charge in [0.2, 0.25) is 5.91 Å². The van der Waals surface area contributed by atoms with E-state index in [1.54, 1.807) is 11.2 Å². The first-order chi connectivity index (χ1) is 10.0. The minimum Gasteiger partial charge on any atom is -0.347 e. The normalized spacial score (nSPS) is 14.1. The molecule has 0 saturated carbocycles. The monoisotopic (exact) mass is 295 g/mol. The summed E-state index contributed by atoms with van der Waals surface area (Å²) < 4.78 is 39.5. The Balaban J connectivity index is 1.74. The number of aromatic amines is 1. The lowest BCUT2D eigenvalue weighted by Crippen LogP contribution is -2.37. The van der Waals surface area contributed by atoms with Gasteiger partial charge in [0.05, 0.1) is 30.7 Å². The van der Waals surface area contributed by atoms with Crippen molar-refractivity contribution in [3.05, 3.63) is 52.9 Å². The van der Waals surface area contributed by atoms with Gasteiger partial charge in [-0.1, -0.05) is 0 Å². The maximum Gasteiger partial charge on any atom is 0.227 e. The van der Waals surface area contributed by atoms with Crippen LogP contribution < -0.4 is 0 Å². The first-order valence-corrected chi connectivity index (χ1v) is 6.47. The zero-order chi connectivity index (χ0) is 15.0. The minimum absolute atomic E-state index is 0.144. The van der Waals surface area contributed by atoms with Gasteiger partial charge in [0, 0.05) is 24.6 Å². The third-order valence-electron chi connectivity index (χ3n) is 3.56. The molecule has 3 rings (SSSR count). The molecule has 21 heavy (non-hydrogen) atoms. The Hall–Kier alpha value is -2.31. The Labute approximate surface area is 118 Å². The van der Waals surface area contributed by atoms with Crippen LogP contribution >= 0.6 is 0 Å². The molecule has 1 aliphatic rings. The van der Waals surface area contributed by atoms with E-state index < -0.39 is 17.5 Å². The molecule has 0 atom stereocenters. The highest BCUT2D eigenvalue weighted by molar-refractivity contribution is 5.79. The molecule has 1 amide bonds. The molecule has 0 bridgehead atoms. The number of aromatic nitrogens is 2. The number of H-pyrrole nitrogens is 1. The number of carbonyl (C=O) groups excluding carboxylic acids is 1. The van der Waals surface area contributed by atoms with E-state index in [-0.39, 0.29) is 17.9 Å². The van der Waals surface area contributed by atoms with E-state index in [2.05, 4.69) is 9.97 Å². The topological polar surface area (TPSA) is 49.0 Å². The summed E-state index contributed by atoms with van der Waals surface area (Å²) in [6.07, 6.45) is 1.88. The molecule has 0 unspecified atom stereocenters. The Morgan fingerprint density at radius 1 is 1.24 bits per heavy atom. The summed E-state index contributed by atoms with van der Waals surface area (Å²) in [7, 11) is 0. The molecule has 7 heteroatoms. The van der Waals surface area contributed by atoms with Crippen LogP contribution in [0, 0.1) is 17.5 Å². The zero-order valence-corrected chi connectivity index (χ0v) is 11.0. The largest absolute Gasteiger partial charge is 0.347 e. The quantitative estimate of drug-likeness (QED) is 0.861.